The number of fused-ring (bicyclic) bond motifs is 5. The number of para-hydroxylation sites is 1. The van der Waals surface area contributed by atoms with Crippen LogP contribution < -0.4 is 0 Å². The Morgan fingerprint density at radius 3 is 1.47 bits per heavy atom. The molecule has 11 rings (SSSR count). The predicted octanol–water partition coefficient (Wildman–Crippen LogP) is 13.6. The summed E-state index contributed by atoms with van der Waals surface area (Å²) in [4.78, 5) is 15.5. The fourth-order valence-electron chi connectivity index (χ4n) is 8.33. The Labute approximate surface area is 330 Å². The summed E-state index contributed by atoms with van der Waals surface area (Å²) in [7, 11) is 0. The smallest absolute Gasteiger partial charge is 0.164 e. The molecule has 0 amide bonds. The van der Waals surface area contributed by atoms with Crippen molar-refractivity contribution in [3.63, 3.8) is 0 Å². The molecular weight excluding hydrogens is 693 g/mol. The zero-order chi connectivity index (χ0) is 37.7. The summed E-state index contributed by atoms with van der Waals surface area (Å²) >= 11 is 0. The zero-order valence-corrected chi connectivity index (χ0v) is 30.9. The molecule has 0 spiro atoms. The second-order valence-corrected chi connectivity index (χ2v) is 14.4. The van der Waals surface area contributed by atoms with Crippen molar-refractivity contribution >= 4 is 43.4 Å². The third-order valence-electron chi connectivity index (χ3n) is 11.0. The Bertz CT molecular complexity index is 3220. The highest BCUT2D eigenvalue weighted by Gasteiger charge is 2.23. The van der Waals surface area contributed by atoms with Gasteiger partial charge in [-0.25, -0.2) is 15.0 Å². The maximum atomic E-state index is 5.25. The van der Waals surface area contributed by atoms with Gasteiger partial charge in [0.05, 0.1) is 16.7 Å². The predicted molar refractivity (Wildman–Crippen MR) is 236 cm³/mol. The number of nitrogens with zero attached hydrogens (tertiary/aromatic N) is 4. The van der Waals surface area contributed by atoms with E-state index in [2.05, 4.69) is 174 Å². The van der Waals surface area contributed by atoms with E-state index in [4.69, 9.17) is 15.0 Å². The van der Waals surface area contributed by atoms with Crippen molar-refractivity contribution in [1.82, 2.24) is 19.5 Å². The van der Waals surface area contributed by atoms with Gasteiger partial charge in [0.25, 0.3) is 0 Å². The summed E-state index contributed by atoms with van der Waals surface area (Å²) in [6, 6.07) is 73.0. The molecule has 0 unspecified atom stereocenters. The van der Waals surface area contributed by atoms with Crippen LogP contribution in [-0.4, -0.2) is 19.5 Å². The van der Waals surface area contributed by atoms with Crippen molar-refractivity contribution in [2.75, 3.05) is 0 Å². The van der Waals surface area contributed by atoms with Crippen LogP contribution in [0, 0.1) is 0 Å². The molecular formula is C53H34N4. The number of hydrogen-bond donors (Lipinski definition) is 0. The van der Waals surface area contributed by atoms with Gasteiger partial charge in [0.15, 0.2) is 17.5 Å². The van der Waals surface area contributed by atoms with E-state index in [0.717, 1.165) is 60.9 Å². The van der Waals surface area contributed by atoms with Crippen LogP contribution in [0.4, 0.5) is 0 Å². The van der Waals surface area contributed by atoms with Crippen LogP contribution in [0.15, 0.2) is 206 Å². The van der Waals surface area contributed by atoms with E-state index in [9.17, 15) is 0 Å². The Morgan fingerprint density at radius 1 is 0.281 bits per heavy atom. The van der Waals surface area contributed by atoms with Gasteiger partial charge >= 0.3 is 0 Å². The third-order valence-corrected chi connectivity index (χ3v) is 11.0. The molecule has 266 valence electrons. The average molecular weight is 727 g/mol. The van der Waals surface area contributed by atoms with Crippen LogP contribution in [0.25, 0.3) is 105 Å². The summed E-state index contributed by atoms with van der Waals surface area (Å²) < 4.78 is 2.48. The van der Waals surface area contributed by atoms with E-state index in [-0.39, 0.29) is 0 Å². The molecule has 0 saturated heterocycles. The minimum atomic E-state index is 0.624. The van der Waals surface area contributed by atoms with Gasteiger partial charge in [0, 0.05) is 38.4 Å². The molecule has 0 fully saturated rings. The summed E-state index contributed by atoms with van der Waals surface area (Å²) in [5.41, 5.74) is 10.7. The number of hydrogen-bond acceptors (Lipinski definition) is 3. The van der Waals surface area contributed by atoms with Crippen LogP contribution in [0.2, 0.25) is 0 Å². The van der Waals surface area contributed by atoms with Crippen molar-refractivity contribution in [1.29, 1.82) is 0 Å². The van der Waals surface area contributed by atoms with Crippen LogP contribution in [0.1, 0.15) is 0 Å². The van der Waals surface area contributed by atoms with Gasteiger partial charge in [-0.05, 0) is 63.2 Å². The molecule has 0 aliphatic carbocycles. The molecule has 4 heteroatoms. The van der Waals surface area contributed by atoms with Crippen molar-refractivity contribution in [2.24, 2.45) is 0 Å². The van der Waals surface area contributed by atoms with E-state index < -0.39 is 0 Å². The first-order chi connectivity index (χ1) is 28.3. The summed E-state index contributed by atoms with van der Waals surface area (Å²) in [5.74, 6) is 1.89. The highest BCUT2D eigenvalue weighted by atomic mass is 15.0. The van der Waals surface area contributed by atoms with Crippen molar-refractivity contribution in [2.45, 2.75) is 0 Å². The van der Waals surface area contributed by atoms with Crippen molar-refractivity contribution in [3.05, 3.63) is 206 Å². The Morgan fingerprint density at radius 2 is 0.789 bits per heavy atom. The maximum Gasteiger partial charge on any atom is 0.164 e. The first-order valence-electron chi connectivity index (χ1n) is 19.3. The summed E-state index contributed by atoms with van der Waals surface area (Å²) in [6.45, 7) is 0. The largest absolute Gasteiger partial charge is 0.308 e. The van der Waals surface area contributed by atoms with Crippen molar-refractivity contribution in [3.8, 4) is 62.1 Å². The quantitative estimate of drug-likeness (QED) is 0.171. The summed E-state index contributed by atoms with van der Waals surface area (Å²) in [5, 5.41) is 7.03. The molecule has 0 radical (unpaired) electrons. The topological polar surface area (TPSA) is 43.6 Å². The second-order valence-electron chi connectivity index (χ2n) is 14.4. The normalized spacial score (nSPS) is 11.5. The van der Waals surface area contributed by atoms with Crippen molar-refractivity contribution < 1.29 is 0 Å². The molecule has 0 aliphatic rings. The minimum absolute atomic E-state index is 0.624. The molecule has 2 heterocycles. The van der Waals surface area contributed by atoms with Crippen LogP contribution in [0.5, 0.6) is 0 Å². The first kappa shape index (κ1) is 32.7. The zero-order valence-electron chi connectivity index (χ0n) is 30.9. The number of benzene rings is 9. The molecule has 0 saturated carbocycles. The molecule has 9 aromatic carbocycles. The van der Waals surface area contributed by atoms with Crippen LogP contribution in [0.3, 0.4) is 0 Å². The minimum Gasteiger partial charge on any atom is -0.308 e. The second kappa shape index (κ2) is 13.6. The van der Waals surface area contributed by atoms with E-state index in [0.29, 0.717) is 17.5 Å². The first-order valence-corrected chi connectivity index (χ1v) is 19.3. The van der Waals surface area contributed by atoms with Gasteiger partial charge in [0.1, 0.15) is 0 Å². The van der Waals surface area contributed by atoms with E-state index in [1.54, 1.807) is 0 Å². The lowest BCUT2D eigenvalue weighted by Gasteiger charge is -2.20. The molecule has 57 heavy (non-hydrogen) atoms. The fraction of sp³-hybridized carbons (Fsp3) is 0. The fourth-order valence-corrected chi connectivity index (χ4v) is 8.33. The number of aromatic nitrogens is 4. The third kappa shape index (κ3) is 5.66. The molecule has 0 aliphatic heterocycles. The Hall–Kier alpha value is -7.69. The molecule has 2 aromatic heterocycles. The Kier molecular flexibility index (Phi) is 7.78. The monoisotopic (exact) mass is 726 g/mol. The molecule has 0 N–H and O–H groups in total. The van der Waals surface area contributed by atoms with Crippen LogP contribution >= 0.6 is 0 Å². The van der Waals surface area contributed by atoms with E-state index in [1.807, 2.05) is 36.4 Å². The van der Waals surface area contributed by atoms with Gasteiger partial charge in [-0.1, -0.05) is 176 Å². The highest BCUT2D eigenvalue weighted by molar-refractivity contribution is 6.16. The molecule has 0 bridgehead atoms. The van der Waals surface area contributed by atoms with Gasteiger partial charge in [-0.3, -0.25) is 0 Å². The lowest BCUT2D eigenvalue weighted by Crippen LogP contribution is -2.03. The SMILES string of the molecule is c1ccc(-c2cccc(-c3cc(-c4nc(-c5ccccc5)nc(-c5ccccc5)n4)c4ccccc4c3-n3c4ccccc4c4cc5ccccc5cc43)c2)cc1. The van der Waals surface area contributed by atoms with Gasteiger partial charge in [-0.15, -0.1) is 0 Å². The molecule has 11 aromatic rings. The van der Waals surface area contributed by atoms with E-state index >= 15 is 0 Å². The average Bonchev–Trinajstić information content (AvgIpc) is 3.61. The maximum absolute atomic E-state index is 5.25. The number of rotatable bonds is 6. The van der Waals surface area contributed by atoms with Crippen LogP contribution in [-0.2, 0) is 0 Å². The van der Waals surface area contributed by atoms with Gasteiger partial charge < -0.3 is 4.57 Å². The lowest BCUT2D eigenvalue weighted by atomic mass is 9.92. The molecule has 4 nitrogen and oxygen atoms in total. The van der Waals surface area contributed by atoms with Gasteiger partial charge in [-0.2, -0.15) is 0 Å². The molecule has 0 atom stereocenters. The Balaban J connectivity index is 1.27. The summed E-state index contributed by atoms with van der Waals surface area (Å²) in [6.07, 6.45) is 0. The van der Waals surface area contributed by atoms with Gasteiger partial charge in [0.2, 0.25) is 0 Å². The highest BCUT2D eigenvalue weighted by Crippen LogP contribution is 2.44. The standard InChI is InChI=1S/C53H34N4/c1-4-17-35(18-5-1)38-25-16-26-41(31-38)45-34-47(53-55-51(36-19-6-2-7-20-36)54-52(56-53)37-21-8-3-9-22-37)42-27-12-13-29-44(42)50(45)57-48-30-15-14-28-43(48)46-32-39-23-10-11-24-40(39)33-49(46)57/h1-34H. The van der Waals surface area contributed by atoms with E-state index in [1.165, 1.54) is 27.1 Å². The lowest BCUT2D eigenvalue weighted by molar-refractivity contribution is 1.08.